The third kappa shape index (κ3) is 4.88. The minimum absolute atomic E-state index is 0.160. The SMILES string of the molecule is O=C(CCc1ccc(S(=O)(=O)N2CCCCC2)cc1)N1CCC(c2nc3ccccc3[nH]2)CC1. The minimum atomic E-state index is -3.41. The van der Waals surface area contributed by atoms with E-state index in [-0.39, 0.29) is 5.91 Å². The van der Waals surface area contributed by atoms with E-state index in [1.54, 1.807) is 16.4 Å². The zero-order valence-corrected chi connectivity index (χ0v) is 20.3. The van der Waals surface area contributed by atoms with Crippen LogP contribution < -0.4 is 0 Å². The molecule has 0 unspecified atom stereocenters. The van der Waals surface area contributed by atoms with Gasteiger partial charge in [-0.2, -0.15) is 4.31 Å². The van der Waals surface area contributed by atoms with Crippen LogP contribution in [0.1, 0.15) is 55.8 Å². The number of sulfonamides is 1. The number of fused-ring (bicyclic) bond motifs is 1. The van der Waals surface area contributed by atoms with Crippen LogP contribution in [0.25, 0.3) is 11.0 Å². The van der Waals surface area contributed by atoms with Crippen LogP contribution >= 0.6 is 0 Å². The standard InChI is InChI=1S/C26H32N4O3S/c31-25(29-18-14-21(15-19-29)26-27-23-6-2-3-7-24(23)28-26)13-10-20-8-11-22(12-9-20)34(32,33)30-16-4-1-5-17-30/h2-3,6-9,11-12,21H,1,4-5,10,13-19H2,(H,27,28). The predicted molar refractivity (Wildman–Crippen MR) is 132 cm³/mol. The molecule has 0 radical (unpaired) electrons. The van der Waals surface area contributed by atoms with E-state index >= 15 is 0 Å². The van der Waals surface area contributed by atoms with Gasteiger partial charge in [-0.05, 0) is 61.9 Å². The van der Waals surface area contributed by atoms with Crippen molar-refractivity contribution in [3.63, 3.8) is 0 Å². The van der Waals surface area contributed by atoms with Gasteiger partial charge in [0.1, 0.15) is 5.82 Å². The number of carbonyl (C=O) groups excluding carboxylic acids is 1. The molecule has 1 N–H and O–H groups in total. The van der Waals surface area contributed by atoms with Gasteiger partial charge < -0.3 is 9.88 Å². The van der Waals surface area contributed by atoms with Crippen molar-refractivity contribution in [2.45, 2.75) is 55.8 Å². The maximum absolute atomic E-state index is 12.8. The van der Waals surface area contributed by atoms with E-state index in [2.05, 4.69) is 4.98 Å². The van der Waals surface area contributed by atoms with Gasteiger partial charge in [0, 0.05) is 38.5 Å². The Morgan fingerprint density at radius 1 is 0.941 bits per heavy atom. The first-order valence-corrected chi connectivity index (χ1v) is 13.8. The lowest BCUT2D eigenvalue weighted by molar-refractivity contribution is -0.132. The molecule has 0 spiro atoms. The molecular formula is C26H32N4O3S. The molecule has 2 aromatic carbocycles. The molecule has 3 aromatic rings. The molecule has 0 bridgehead atoms. The van der Waals surface area contributed by atoms with E-state index in [1.807, 2.05) is 41.3 Å². The average Bonchev–Trinajstić information content (AvgIpc) is 3.32. The van der Waals surface area contributed by atoms with E-state index < -0.39 is 10.0 Å². The van der Waals surface area contributed by atoms with Gasteiger partial charge in [-0.3, -0.25) is 4.79 Å². The maximum Gasteiger partial charge on any atom is 0.243 e. The molecule has 7 nitrogen and oxygen atoms in total. The second-order valence-electron chi connectivity index (χ2n) is 9.40. The van der Waals surface area contributed by atoms with Crippen LogP contribution in [0, 0.1) is 0 Å². The number of para-hydroxylation sites is 2. The second-order valence-corrected chi connectivity index (χ2v) is 11.3. The molecule has 0 saturated carbocycles. The smallest absolute Gasteiger partial charge is 0.243 e. The van der Waals surface area contributed by atoms with Crippen molar-refractivity contribution in [2.24, 2.45) is 0 Å². The van der Waals surface area contributed by atoms with Gasteiger partial charge >= 0.3 is 0 Å². The molecule has 180 valence electrons. The Bertz CT molecular complexity index is 1210. The van der Waals surface area contributed by atoms with Gasteiger partial charge in [0.15, 0.2) is 0 Å². The van der Waals surface area contributed by atoms with Crippen molar-refractivity contribution < 1.29 is 13.2 Å². The quantitative estimate of drug-likeness (QED) is 0.576. The van der Waals surface area contributed by atoms with Gasteiger partial charge in [0.25, 0.3) is 0 Å². The zero-order chi connectivity index (χ0) is 23.5. The Hall–Kier alpha value is -2.71. The summed E-state index contributed by atoms with van der Waals surface area (Å²) in [6.07, 6.45) is 5.82. The fraction of sp³-hybridized carbons (Fsp3) is 0.462. The minimum Gasteiger partial charge on any atom is -0.343 e. The fourth-order valence-corrected chi connectivity index (χ4v) is 6.58. The molecule has 1 aromatic heterocycles. The first-order chi connectivity index (χ1) is 16.5. The van der Waals surface area contributed by atoms with Crippen molar-refractivity contribution in [1.82, 2.24) is 19.2 Å². The number of amides is 1. The number of aryl methyl sites for hydroxylation is 1. The van der Waals surface area contributed by atoms with Crippen molar-refractivity contribution in [3.8, 4) is 0 Å². The van der Waals surface area contributed by atoms with Crippen molar-refractivity contribution in [3.05, 3.63) is 59.9 Å². The highest BCUT2D eigenvalue weighted by Crippen LogP contribution is 2.28. The van der Waals surface area contributed by atoms with Gasteiger partial charge in [-0.15, -0.1) is 0 Å². The summed E-state index contributed by atoms with van der Waals surface area (Å²) in [5.41, 5.74) is 3.04. The number of piperidine rings is 2. The number of nitrogens with one attached hydrogen (secondary N) is 1. The van der Waals surface area contributed by atoms with Gasteiger partial charge in [0.05, 0.1) is 15.9 Å². The topological polar surface area (TPSA) is 86.4 Å². The third-order valence-corrected chi connectivity index (χ3v) is 9.06. The average molecular weight is 481 g/mol. The highest BCUT2D eigenvalue weighted by atomic mass is 32.2. The number of hydrogen-bond acceptors (Lipinski definition) is 4. The molecule has 2 aliphatic heterocycles. The number of hydrogen-bond donors (Lipinski definition) is 1. The first-order valence-electron chi connectivity index (χ1n) is 12.3. The Morgan fingerprint density at radius 2 is 1.65 bits per heavy atom. The number of rotatable bonds is 6. The molecule has 2 saturated heterocycles. The molecule has 2 aliphatic rings. The molecule has 3 heterocycles. The normalized spacial score (nSPS) is 18.4. The molecule has 34 heavy (non-hydrogen) atoms. The summed E-state index contributed by atoms with van der Waals surface area (Å²) in [5.74, 6) is 1.53. The Morgan fingerprint density at radius 3 is 2.35 bits per heavy atom. The Kier molecular flexibility index (Phi) is 6.70. The number of aromatic nitrogens is 2. The van der Waals surface area contributed by atoms with Crippen molar-refractivity contribution in [2.75, 3.05) is 26.2 Å². The van der Waals surface area contributed by atoms with Crippen LogP contribution in [0.5, 0.6) is 0 Å². The largest absolute Gasteiger partial charge is 0.343 e. The van der Waals surface area contributed by atoms with Crippen LogP contribution in [-0.2, 0) is 21.2 Å². The van der Waals surface area contributed by atoms with Gasteiger partial charge in [-0.25, -0.2) is 13.4 Å². The molecule has 8 heteroatoms. The van der Waals surface area contributed by atoms with Crippen molar-refractivity contribution in [1.29, 1.82) is 0 Å². The van der Waals surface area contributed by atoms with Crippen LogP contribution in [0.3, 0.4) is 0 Å². The Balaban J connectivity index is 1.12. The number of carbonyl (C=O) groups is 1. The number of imidazole rings is 1. The molecule has 0 atom stereocenters. The van der Waals surface area contributed by atoms with E-state index in [9.17, 15) is 13.2 Å². The lowest BCUT2D eigenvalue weighted by Crippen LogP contribution is -2.38. The third-order valence-electron chi connectivity index (χ3n) is 7.15. The number of likely N-dealkylation sites (tertiary alicyclic amines) is 1. The summed E-state index contributed by atoms with van der Waals surface area (Å²) >= 11 is 0. The summed E-state index contributed by atoms with van der Waals surface area (Å²) in [7, 11) is -3.41. The molecule has 1 amide bonds. The lowest BCUT2D eigenvalue weighted by atomic mass is 9.95. The summed E-state index contributed by atoms with van der Waals surface area (Å²) in [4.78, 5) is 23.2. The van der Waals surface area contributed by atoms with E-state index in [0.29, 0.717) is 36.7 Å². The predicted octanol–water partition coefficient (Wildman–Crippen LogP) is 4.08. The van der Waals surface area contributed by atoms with E-state index in [1.165, 1.54) is 0 Å². The van der Waals surface area contributed by atoms with Crippen LogP contribution in [0.15, 0.2) is 53.4 Å². The molecular weight excluding hydrogens is 448 g/mol. The van der Waals surface area contributed by atoms with Gasteiger partial charge in [-0.1, -0.05) is 30.7 Å². The van der Waals surface area contributed by atoms with Crippen molar-refractivity contribution >= 4 is 27.0 Å². The summed E-state index contributed by atoms with van der Waals surface area (Å²) < 4.78 is 27.2. The summed E-state index contributed by atoms with van der Waals surface area (Å²) in [6.45, 7) is 2.69. The van der Waals surface area contributed by atoms with E-state index in [0.717, 1.165) is 67.6 Å². The van der Waals surface area contributed by atoms with Crippen LogP contribution in [0.2, 0.25) is 0 Å². The molecule has 5 rings (SSSR count). The second kappa shape index (κ2) is 9.88. The van der Waals surface area contributed by atoms with Crippen LogP contribution in [0.4, 0.5) is 0 Å². The zero-order valence-electron chi connectivity index (χ0n) is 19.4. The maximum atomic E-state index is 12.8. The Labute approximate surface area is 201 Å². The fourth-order valence-electron chi connectivity index (χ4n) is 5.06. The van der Waals surface area contributed by atoms with E-state index in [4.69, 9.17) is 4.98 Å². The summed E-state index contributed by atoms with van der Waals surface area (Å²) in [6, 6.07) is 15.1. The highest BCUT2D eigenvalue weighted by Gasteiger charge is 2.27. The first kappa shape index (κ1) is 23.1. The van der Waals surface area contributed by atoms with Gasteiger partial charge in [0.2, 0.25) is 15.9 Å². The summed E-state index contributed by atoms with van der Waals surface area (Å²) in [5, 5.41) is 0. The number of H-pyrrole nitrogens is 1. The monoisotopic (exact) mass is 480 g/mol. The number of nitrogens with zero attached hydrogens (tertiary/aromatic N) is 3. The highest BCUT2D eigenvalue weighted by molar-refractivity contribution is 7.89. The van der Waals surface area contributed by atoms with Crippen LogP contribution in [-0.4, -0.2) is 59.7 Å². The molecule has 0 aliphatic carbocycles. The number of benzene rings is 2. The lowest BCUT2D eigenvalue weighted by Gasteiger charge is -2.31. The molecule has 2 fully saturated rings. The number of aromatic amines is 1.